The van der Waals surface area contributed by atoms with E-state index in [9.17, 15) is 4.39 Å². The Labute approximate surface area is 142 Å². The largest absolute Gasteiger partial charge is 0.444 e. The summed E-state index contributed by atoms with van der Waals surface area (Å²) in [6.45, 7) is 4.97. The van der Waals surface area contributed by atoms with Gasteiger partial charge in [0.2, 0.25) is 5.89 Å². The molecule has 1 saturated heterocycles. The van der Waals surface area contributed by atoms with E-state index in [0.29, 0.717) is 11.8 Å². The first kappa shape index (κ1) is 17.9. The molecule has 0 amide bonds. The summed E-state index contributed by atoms with van der Waals surface area (Å²) in [6.07, 6.45) is 3.97. The van der Waals surface area contributed by atoms with Crippen LogP contribution in [0.15, 0.2) is 34.9 Å². The van der Waals surface area contributed by atoms with E-state index >= 15 is 0 Å². The van der Waals surface area contributed by atoms with Gasteiger partial charge < -0.3 is 10.2 Å². The summed E-state index contributed by atoms with van der Waals surface area (Å²) >= 11 is 0. The van der Waals surface area contributed by atoms with Gasteiger partial charge in [0.1, 0.15) is 12.1 Å². The highest BCUT2D eigenvalue weighted by Crippen LogP contribution is 2.23. The Morgan fingerprint density at radius 2 is 1.96 bits per heavy atom. The van der Waals surface area contributed by atoms with Crippen molar-refractivity contribution in [2.24, 2.45) is 11.7 Å². The molecule has 3 rings (SSSR count). The van der Waals surface area contributed by atoms with Gasteiger partial charge in [-0.15, -0.1) is 12.4 Å². The van der Waals surface area contributed by atoms with Crippen LogP contribution in [0.25, 0.3) is 11.5 Å². The number of hydrogen-bond acceptors (Lipinski definition) is 4. The maximum Gasteiger partial charge on any atom is 0.226 e. The minimum absolute atomic E-state index is 0. The molecule has 4 nitrogen and oxygen atoms in total. The average Bonchev–Trinajstić information content (AvgIpc) is 2.97. The molecule has 23 heavy (non-hydrogen) atoms. The van der Waals surface area contributed by atoms with Crippen LogP contribution in [0.3, 0.4) is 0 Å². The molecule has 1 fully saturated rings. The van der Waals surface area contributed by atoms with Gasteiger partial charge >= 0.3 is 0 Å². The highest BCUT2D eigenvalue weighted by molar-refractivity contribution is 5.85. The van der Waals surface area contributed by atoms with E-state index in [4.69, 9.17) is 10.2 Å². The monoisotopic (exact) mass is 339 g/mol. The Morgan fingerprint density at radius 1 is 1.30 bits per heavy atom. The van der Waals surface area contributed by atoms with Gasteiger partial charge in [-0.05, 0) is 63.0 Å². The summed E-state index contributed by atoms with van der Waals surface area (Å²) in [5.74, 6) is 0.913. The molecular weight excluding hydrogens is 317 g/mol. The minimum atomic E-state index is -0.257. The smallest absolute Gasteiger partial charge is 0.226 e. The predicted molar refractivity (Wildman–Crippen MR) is 90.8 cm³/mol. The molecule has 1 atom stereocenters. The summed E-state index contributed by atoms with van der Waals surface area (Å²) in [6, 6.07) is 6.47. The molecule has 1 aliphatic heterocycles. The number of benzene rings is 1. The Bertz CT molecular complexity index is 607. The second kappa shape index (κ2) is 7.90. The third-order valence-corrected chi connectivity index (χ3v) is 4.40. The molecule has 1 aromatic carbocycles. The van der Waals surface area contributed by atoms with Crippen LogP contribution in [0.4, 0.5) is 4.39 Å². The minimum Gasteiger partial charge on any atom is -0.444 e. The molecule has 1 aliphatic rings. The Hall–Kier alpha value is -1.43. The zero-order chi connectivity index (χ0) is 15.5. The maximum absolute atomic E-state index is 12.9. The van der Waals surface area contributed by atoms with Crippen LogP contribution in [0.1, 0.15) is 25.5 Å². The van der Waals surface area contributed by atoms with E-state index in [0.717, 1.165) is 43.7 Å². The third-order valence-electron chi connectivity index (χ3n) is 4.40. The predicted octanol–water partition coefficient (Wildman–Crippen LogP) is 3.46. The summed E-state index contributed by atoms with van der Waals surface area (Å²) in [7, 11) is 0. The fraction of sp³-hybridized carbons (Fsp3) is 0.471. The number of oxazole rings is 1. The number of piperidine rings is 1. The first-order valence-electron chi connectivity index (χ1n) is 7.80. The Balaban J connectivity index is 0.00000192. The number of halogens is 2. The number of rotatable bonds is 4. The van der Waals surface area contributed by atoms with E-state index in [1.54, 1.807) is 18.4 Å². The molecule has 0 radical (unpaired) electrons. The second-order valence-electron chi connectivity index (χ2n) is 6.12. The fourth-order valence-corrected chi connectivity index (χ4v) is 2.97. The normalized spacial score (nSPS) is 17.7. The quantitative estimate of drug-likeness (QED) is 0.926. The first-order chi connectivity index (χ1) is 10.6. The molecule has 2 aromatic rings. The van der Waals surface area contributed by atoms with E-state index in [2.05, 4.69) is 16.8 Å². The third kappa shape index (κ3) is 4.53. The van der Waals surface area contributed by atoms with Crippen LogP contribution in [-0.2, 0) is 6.54 Å². The van der Waals surface area contributed by atoms with Crippen LogP contribution in [0, 0.1) is 11.7 Å². The second-order valence-corrected chi connectivity index (χ2v) is 6.12. The van der Waals surface area contributed by atoms with Crippen molar-refractivity contribution >= 4 is 12.4 Å². The lowest BCUT2D eigenvalue weighted by Crippen LogP contribution is -2.39. The first-order valence-corrected chi connectivity index (χ1v) is 7.80. The van der Waals surface area contributed by atoms with Crippen molar-refractivity contribution in [3.8, 4) is 11.5 Å². The van der Waals surface area contributed by atoms with Crippen molar-refractivity contribution in [1.29, 1.82) is 0 Å². The Kier molecular flexibility index (Phi) is 6.16. The molecule has 2 heterocycles. The van der Waals surface area contributed by atoms with Crippen LogP contribution in [-0.4, -0.2) is 29.0 Å². The standard InChI is InChI=1S/C17H22FN3O.ClH/c1-12(19)13-6-8-21(9-7-13)10-16-11-22-17(20-16)14-2-4-15(18)5-3-14;/h2-5,11-13H,6-10,19H2,1H3;1H. The van der Waals surface area contributed by atoms with Gasteiger partial charge in [-0.25, -0.2) is 9.37 Å². The van der Waals surface area contributed by atoms with Gasteiger partial charge in [-0.1, -0.05) is 0 Å². The van der Waals surface area contributed by atoms with Crippen molar-refractivity contribution in [2.45, 2.75) is 32.4 Å². The molecule has 1 aromatic heterocycles. The summed E-state index contributed by atoms with van der Waals surface area (Å²) < 4.78 is 18.4. The molecule has 0 saturated carbocycles. The summed E-state index contributed by atoms with van der Waals surface area (Å²) in [5.41, 5.74) is 7.68. The number of likely N-dealkylation sites (tertiary alicyclic amines) is 1. The topological polar surface area (TPSA) is 55.3 Å². The van der Waals surface area contributed by atoms with Crippen LogP contribution < -0.4 is 5.73 Å². The average molecular weight is 340 g/mol. The van der Waals surface area contributed by atoms with Crippen molar-refractivity contribution in [3.63, 3.8) is 0 Å². The van der Waals surface area contributed by atoms with E-state index in [-0.39, 0.29) is 24.3 Å². The van der Waals surface area contributed by atoms with Crippen molar-refractivity contribution < 1.29 is 8.81 Å². The summed E-state index contributed by atoms with van der Waals surface area (Å²) in [4.78, 5) is 6.88. The number of hydrogen-bond donors (Lipinski definition) is 1. The highest BCUT2D eigenvalue weighted by Gasteiger charge is 2.22. The van der Waals surface area contributed by atoms with Crippen molar-refractivity contribution in [2.75, 3.05) is 13.1 Å². The molecular formula is C17H23ClFN3O. The lowest BCUT2D eigenvalue weighted by Gasteiger charge is -2.33. The van der Waals surface area contributed by atoms with Gasteiger partial charge in [-0.2, -0.15) is 0 Å². The SMILES string of the molecule is CC(N)C1CCN(Cc2coc(-c3ccc(F)cc3)n2)CC1.Cl. The van der Waals surface area contributed by atoms with Crippen molar-refractivity contribution in [1.82, 2.24) is 9.88 Å². The van der Waals surface area contributed by atoms with E-state index in [1.807, 2.05) is 0 Å². The number of aromatic nitrogens is 1. The molecule has 2 N–H and O–H groups in total. The van der Waals surface area contributed by atoms with E-state index in [1.165, 1.54) is 12.1 Å². The molecule has 0 bridgehead atoms. The zero-order valence-corrected chi connectivity index (χ0v) is 14.1. The van der Waals surface area contributed by atoms with Crippen molar-refractivity contribution in [3.05, 3.63) is 42.0 Å². The van der Waals surface area contributed by atoms with Gasteiger partial charge in [0.25, 0.3) is 0 Å². The fourth-order valence-electron chi connectivity index (χ4n) is 2.97. The number of nitrogens with two attached hydrogens (primary N) is 1. The van der Waals surface area contributed by atoms with Gasteiger partial charge in [-0.3, -0.25) is 4.90 Å². The molecule has 126 valence electrons. The van der Waals surface area contributed by atoms with Crippen LogP contribution in [0.2, 0.25) is 0 Å². The lowest BCUT2D eigenvalue weighted by molar-refractivity contribution is 0.164. The lowest BCUT2D eigenvalue weighted by atomic mass is 9.91. The van der Waals surface area contributed by atoms with Crippen LogP contribution >= 0.6 is 12.4 Å². The molecule has 0 aliphatic carbocycles. The van der Waals surface area contributed by atoms with Crippen LogP contribution in [0.5, 0.6) is 0 Å². The van der Waals surface area contributed by atoms with Gasteiger partial charge in [0.05, 0.1) is 5.69 Å². The highest BCUT2D eigenvalue weighted by atomic mass is 35.5. The number of nitrogens with zero attached hydrogens (tertiary/aromatic N) is 2. The molecule has 1 unspecified atom stereocenters. The molecule has 0 spiro atoms. The zero-order valence-electron chi connectivity index (χ0n) is 13.2. The van der Waals surface area contributed by atoms with Gasteiger partial charge in [0, 0.05) is 18.2 Å². The summed E-state index contributed by atoms with van der Waals surface area (Å²) in [5, 5.41) is 0. The Morgan fingerprint density at radius 3 is 2.57 bits per heavy atom. The van der Waals surface area contributed by atoms with Gasteiger partial charge in [0.15, 0.2) is 0 Å². The van der Waals surface area contributed by atoms with E-state index < -0.39 is 0 Å². The molecule has 6 heteroatoms. The maximum atomic E-state index is 12.9.